The number of aliphatic hydroxyl groups is 1. The first kappa shape index (κ1) is 65.3. The zero-order valence-electron chi connectivity index (χ0n) is 35.6. The van der Waals surface area contributed by atoms with Gasteiger partial charge in [-0.25, -0.2) is 0 Å². The number of hydrogen-bond donors (Lipinski definition) is 14. The summed E-state index contributed by atoms with van der Waals surface area (Å²) in [6.07, 6.45) is 4.21. The molecule has 0 bridgehead atoms. The van der Waals surface area contributed by atoms with Gasteiger partial charge in [0.15, 0.2) is 11.6 Å². The summed E-state index contributed by atoms with van der Waals surface area (Å²) >= 11 is 12.4. The van der Waals surface area contributed by atoms with E-state index in [4.69, 9.17) is 47.8 Å². The largest absolute Gasteiger partial charge is 0.481 e. The van der Waals surface area contributed by atoms with Crippen molar-refractivity contribution in [2.24, 2.45) is 22.9 Å². The molecule has 2 amide bonds. The van der Waals surface area contributed by atoms with Crippen molar-refractivity contribution >= 4 is 96.7 Å². The summed E-state index contributed by atoms with van der Waals surface area (Å²) in [5.41, 5.74) is 21.7. The quantitative estimate of drug-likeness (QED) is 0.0560. The number of amides is 2. The molecule has 0 fully saturated rings. The summed E-state index contributed by atoms with van der Waals surface area (Å²) in [4.78, 5) is 103. The van der Waals surface area contributed by atoms with Crippen molar-refractivity contribution in [3.05, 3.63) is 48.8 Å². The van der Waals surface area contributed by atoms with Crippen LogP contribution in [0.2, 0.25) is 5.31 Å². The Bertz CT molecular complexity index is 1720. The monoisotopic (exact) mass is 962 g/mol. The zero-order valence-corrected chi connectivity index (χ0v) is 38.2. The van der Waals surface area contributed by atoms with E-state index in [1.165, 1.54) is 20.0 Å². The number of nitrogens with two attached hydrogens (primary N) is 4. The minimum Gasteiger partial charge on any atom is -0.481 e. The van der Waals surface area contributed by atoms with Gasteiger partial charge in [0, 0.05) is 43.7 Å². The first-order valence-electron chi connectivity index (χ1n) is 18.5. The second-order valence-electron chi connectivity index (χ2n) is 13.1. The van der Waals surface area contributed by atoms with Gasteiger partial charge in [0.1, 0.15) is 12.1 Å². The molecular weight excluding hydrogens is 903 g/mol. The molecule has 0 saturated carbocycles. The molecule has 2 aromatic heterocycles. The van der Waals surface area contributed by atoms with Crippen molar-refractivity contribution in [3.63, 3.8) is 0 Å². The Balaban J connectivity index is -0.000000356. The van der Waals surface area contributed by atoms with Crippen LogP contribution in [0.5, 0.6) is 0 Å². The van der Waals surface area contributed by atoms with E-state index < -0.39 is 83.7 Å². The fourth-order valence-corrected chi connectivity index (χ4v) is 4.12. The van der Waals surface area contributed by atoms with Crippen molar-refractivity contribution < 1.29 is 73.8 Å². The molecule has 27 heteroatoms. The normalized spacial score (nSPS) is 12.1. The van der Waals surface area contributed by atoms with Gasteiger partial charge in [-0.2, -0.15) is 25.3 Å². The standard InChI is InChI=1S/C11H18N2O6S.C10H8N2.C6H11NO2S.C5H10BNO2S.C3H7NO3.C2H5NO2/c12-6(11(18)19)1-3-9(15)13-7(5-20)8(14)2-4-10(16)17;1-3-7-11-9(5-1)10-6-2-4-8-12-10;1-4(8)6(3-10)7-5(2)9;1-5(2,6-10)3(7)4(8)9;4-2(1-5)3(6)7;3-1-2(4)5/h6-7,20H,1-5,12H2,(H,13,15)(H,16,17)(H,18,19);1-8H;6,10H,3H2,1-2H3,(H,7,9);3H,7H2,1-2H3,(H,8,9);2,5H,1,4H2,(H,6,7);1,3H2,(H,4,5). The molecule has 23 nitrogen and oxygen atoms in total. The fourth-order valence-electron chi connectivity index (χ4n) is 3.33. The smallest absolute Gasteiger partial charge is 0.322 e. The average Bonchev–Trinajstić information content (AvgIpc) is 3.26. The van der Waals surface area contributed by atoms with E-state index in [2.05, 4.69) is 63.6 Å². The Morgan fingerprint density at radius 2 is 1.17 bits per heavy atom. The molecule has 358 valence electrons. The minimum atomic E-state index is -1.21. The number of thiol groups is 2. The molecule has 0 saturated heterocycles. The van der Waals surface area contributed by atoms with Crippen LogP contribution in [0.25, 0.3) is 11.4 Å². The number of aliphatic hydroxyl groups excluding tert-OH is 1. The molecular formula is C37H59BN8O15S3. The van der Waals surface area contributed by atoms with Crippen LogP contribution < -0.4 is 33.6 Å². The second kappa shape index (κ2) is 38.2. The van der Waals surface area contributed by atoms with Crippen molar-refractivity contribution in [2.45, 2.75) is 88.9 Å². The number of aromatic nitrogens is 2. The molecule has 0 radical (unpaired) electrons. The summed E-state index contributed by atoms with van der Waals surface area (Å²) in [6.45, 7) is 5.41. The van der Waals surface area contributed by atoms with Crippen LogP contribution in [0.3, 0.4) is 0 Å². The van der Waals surface area contributed by atoms with Gasteiger partial charge in [0.2, 0.25) is 11.8 Å². The number of nitrogens with zero attached hydrogens (tertiary/aromatic N) is 2. The number of Topliss-reactive ketones (excluding diaryl/α,β-unsaturated/α-hetero) is 2. The maximum Gasteiger partial charge on any atom is 0.322 e. The van der Waals surface area contributed by atoms with Gasteiger partial charge in [-0.3, -0.25) is 48.3 Å². The first-order chi connectivity index (χ1) is 29.7. The molecule has 0 spiro atoms. The molecule has 0 aromatic carbocycles. The molecule has 0 aliphatic rings. The number of carbonyl (C=O) groups excluding carboxylic acids is 4. The minimum absolute atomic E-state index is 0.0369. The van der Waals surface area contributed by atoms with Gasteiger partial charge in [0.25, 0.3) is 0 Å². The van der Waals surface area contributed by atoms with Crippen LogP contribution in [0.4, 0.5) is 0 Å². The number of nitrogens with one attached hydrogen (secondary N) is 2. The van der Waals surface area contributed by atoms with Crippen LogP contribution in [0, 0.1) is 0 Å². The zero-order chi connectivity index (χ0) is 50.6. The van der Waals surface area contributed by atoms with Crippen molar-refractivity contribution in [1.29, 1.82) is 0 Å². The maximum absolute atomic E-state index is 11.6. The summed E-state index contributed by atoms with van der Waals surface area (Å²) in [5.74, 6) is -6.30. The van der Waals surface area contributed by atoms with E-state index in [1.54, 1.807) is 26.2 Å². The predicted octanol–water partition coefficient (Wildman–Crippen LogP) is -0.986. The van der Waals surface area contributed by atoms with Gasteiger partial charge in [-0.1, -0.05) is 12.1 Å². The molecule has 2 aromatic rings. The third kappa shape index (κ3) is 36.2. The fraction of sp³-hybridized carbons (Fsp3) is 0.486. The summed E-state index contributed by atoms with van der Waals surface area (Å²) in [6, 6.07) is 7.10. The molecule has 16 N–H and O–H groups in total. The Kier molecular flexibility index (Phi) is 39.0. The number of pyridine rings is 2. The number of carbonyl (C=O) groups is 9. The van der Waals surface area contributed by atoms with Crippen molar-refractivity contribution in [2.75, 3.05) is 24.7 Å². The SMILES string of the molecule is CC(=O)NC(CS)C(C)=O.CC(C)(B=S)C(N)C(=O)O.NC(CCC(=O)NC(CS)C(=O)CCC(=O)O)C(=O)O.NC(CO)C(=O)O.NCC(=O)O.c1ccc(-c2ccccn2)nc1. The van der Waals surface area contributed by atoms with Crippen LogP contribution >= 0.6 is 37.3 Å². The number of carboxylic acid groups (broad SMARTS) is 5. The first-order valence-corrected chi connectivity index (χ1v) is 20.2. The molecule has 2 heterocycles. The average molecular weight is 963 g/mol. The second-order valence-corrected chi connectivity index (χ2v) is 14.1. The van der Waals surface area contributed by atoms with Crippen LogP contribution in [0.1, 0.15) is 53.4 Å². The molecule has 5 atom stereocenters. The van der Waals surface area contributed by atoms with Crippen LogP contribution in [-0.4, -0.2) is 155 Å². The molecule has 5 unspecified atom stereocenters. The van der Waals surface area contributed by atoms with Crippen molar-refractivity contribution in [1.82, 2.24) is 20.6 Å². The van der Waals surface area contributed by atoms with Crippen LogP contribution in [0.15, 0.2) is 48.8 Å². The molecule has 64 heavy (non-hydrogen) atoms. The van der Waals surface area contributed by atoms with Crippen LogP contribution in [-0.2, 0) is 43.2 Å². The Labute approximate surface area is 386 Å². The topological polar surface area (TPSA) is 429 Å². The number of rotatable bonds is 20. The number of aliphatic carboxylic acids is 5. The molecule has 2 rings (SSSR count). The van der Waals surface area contributed by atoms with Gasteiger partial charge < -0.3 is 53.4 Å². The summed E-state index contributed by atoms with van der Waals surface area (Å²) in [5, 5.41) is 53.2. The summed E-state index contributed by atoms with van der Waals surface area (Å²) < 4.78 is 0. The van der Waals surface area contributed by atoms with Gasteiger partial charge in [-0.05, 0) is 37.6 Å². The third-order valence-electron chi connectivity index (χ3n) is 7.19. The van der Waals surface area contributed by atoms with Gasteiger partial charge >= 0.3 is 88.9 Å². The Hall–Kier alpha value is -5.29. The Morgan fingerprint density at radius 1 is 0.719 bits per heavy atom. The molecule has 0 aliphatic carbocycles. The van der Waals surface area contributed by atoms with Gasteiger partial charge in [-0.15, -0.1) is 0 Å². The third-order valence-corrected chi connectivity index (χ3v) is 8.53. The summed E-state index contributed by atoms with van der Waals surface area (Å²) in [7, 11) is 0. The van der Waals surface area contributed by atoms with E-state index in [0.717, 1.165) is 11.4 Å². The Morgan fingerprint density at radius 3 is 1.41 bits per heavy atom. The predicted molar refractivity (Wildman–Crippen MR) is 244 cm³/mol. The van der Waals surface area contributed by atoms with E-state index >= 15 is 0 Å². The number of carboxylic acids is 5. The van der Waals surface area contributed by atoms with E-state index in [-0.39, 0.29) is 49.7 Å². The maximum atomic E-state index is 11.6. The van der Waals surface area contributed by atoms with Gasteiger partial charge in [0.05, 0.1) is 43.0 Å². The van der Waals surface area contributed by atoms with E-state index in [0.29, 0.717) is 5.75 Å². The number of ketones is 2. The van der Waals surface area contributed by atoms with E-state index in [1.807, 2.05) is 36.4 Å². The van der Waals surface area contributed by atoms with Crippen molar-refractivity contribution in [3.8, 4) is 11.4 Å². The molecule has 0 aliphatic heterocycles. The van der Waals surface area contributed by atoms with E-state index in [9.17, 15) is 43.2 Å². The number of hydrogen-bond acceptors (Lipinski definition) is 19.